The fourth-order valence-electron chi connectivity index (χ4n) is 2.45. The Kier molecular flexibility index (Phi) is 4.20. The van der Waals surface area contributed by atoms with E-state index in [-0.39, 0.29) is 0 Å². The second-order valence-electron chi connectivity index (χ2n) is 5.19. The van der Waals surface area contributed by atoms with Gasteiger partial charge in [-0.2, -0.15) is 20.0 Å². The van der Waals surface area contributed by atoms with Crippen molar-refractivity contribution in [2.45, 2.75) is 27.2 Å². The zero-order valence-corrected chi connectivity index (χ0v) is 14.1. The molecule has 0 fully saturated rings. The first kappa shape index (κ1) is 15.4. The lowest BCUT2D eigenvalue weighted by atomic mass is 10.2. The molecule has 2 heterocycles. The molecule has 0 saturated heterocycles. The summed E-state index contributed by atoms with van der Waals surface area (Å²) >= 11 is 5.21. The van der Waals surface area contributed by atoms with E-state index in [1.165, 1.54) is 0 Å². The monoisotopic (exact) mass is 326 g/mol. The van der Waals surface area contributed by atoms with E-state index in [9.17, 15) is 0 Å². The van der Waals surface area contributed by atoms with Crippen LogP contribution in [0.25, 0.3) is 5.69 Å². The highest BCUT2D eigenvalue weighted by Crippen LogP contribution is 2.16. The lowest BCUT2D eigenvalue weighted by Gasteiger charge is -2.03. The van der Waals surface area contributed by atoms with Crippen molar-refractivity contribution >= 4 is 18.4 Å². The average molecular weight is 326 g/mol. The van der Waals surface area contributed by atoms with E-state index >= 15 is 0 Å². The van der Waals surface area contributed by atoms with Gasteiger partial charge < -0.3 is 0 Å². The fraction of sp³-hybridized carbons (Fsp3) is 0.250. The van der Waals surface area contributed by atoms with Crippen LogP contribution in [0.1, 0.15) is 29.7 Å². The molecule has 1 N–H and O–H groups in total. The second-order valence-corrected chi connectivity index (χ2v) is 5.57. The Balaban J connectivity index is 2.01. The Morgan fingerprint density at radius 3 is 2.70 bits per heavy atom. The number of rotatable bonds is 4. The summed E-state index contributed by atoms with van der Waals surface area (Å²) < 4.78 is 4.06. The molecule has 0 aliphatic rings. The van der Waals surface area contributed by atoms with Crippen molar-refractivity contribution in [2.24, 2.45) is 5.10 Å². The third kappa shape index (κ3) is 2.87. The summed E-state index contributed by atoms with van der Waals surface area (Å²) in [6.45, 7) is 6.02. The number of nitrogens with one attached hydrogen (secondary N) is 1. The average Bonchev–Trinajstić information content (AvgIpc) is 3.06. The van der Waals surface area contributed by atoms with Crippen LogP contribution in [-0.4, -0.2) is 30.9 Å². The summed E-state index contributed by atoms with van der Waals surface area (Å²) in [5.74, 6) is 0.803. The molecule has 0 saturated carbocycles. The van der Waals surface area contributed by atoms with Crippen molar-refractivity contribution in [1.82, 2.24) is 24.7 Å². The van der Waals surface area contributed by atoms with Gasteiger partial charge in [-0.15, -0.1) is 0 Å². The van der Waals surface area contributed by atoms with Crippen LogP contribution in [-0.2, 0) is 6.42 Å². The van der Waals surface area contributed by atoms with Crippen LogP contribution < -0.4 is 0 Å². The van der Waals surface area contributed by atoms with Crippen molar-refractivity contribution in [1.29, 1.82) is 0 Å². The summed E-state index contributed by atoms with van der Waals surface area (Å²) in [4.78, 5) is 0. The normalized spacial score (nSPS) is 11.4. The molecule has 0 radical (unpaired) electrons. The van der Waals surface area contributed by atoms with Crippen molar-refractivity contribution in [3.05, 3.63) is 57.9 Å². The van der Waals surface area contributed by atoms with Crippen LogP contribution in [0.15, 0.2) is 35.4 Å². The van der Waals surface area contributed by atoms with Crippen LogP contribution >= 0.6 is 12.2 Å². The third-order valence-corrected chi connectivity index (χ3v) is 3.95. The van der Waals surface area contributed by atoms with Crippen molar-refractivity contribution in [2.75, 3.05) is 0 Å². The molecule has 23 heavy (non-hydrogen) atoms. The molecular formula is C16H18N6S. The maximum Gasteiger partial charge on any atom is 0.216 e. The maximum atomic E-state index is 5.21. The molecule has 0 atom stereocenters. The smallest absolute Gasteiger partial charge is 0.216 e. The molecule has 3 aromatic rings. The van der Waals surface area contributed by atoms with E-state index in [1.807, 2.05) is 55.8 Å². The van der Waals surface area contributed by atoms with Crippen molar-refractivity contribution < 1.29 is 0 Å². The fourth-order valence-corrected chi connectivity index (χ4v) is 2.65. The predicted molar refractivity (Wildman–Crippen MR) is 92.8 cm³/mol. The van der Waals surface area contributed by atoms with Gasteiger partial charge in [0.2, 0.25) is 4.77 Å². The Morgan fingerprint density at radius 1 is 1.26 bits per heavy atom. The molecule has 3 rings (SSSR count). The lowest BCUT2D eigenvalue weighted by molar-refractivity contribution is 0.780. The first-order chi connectivity index (χ1) is 11.1. The summed E-state index contributed by atoms with van der Waals surface area (Å²) in [7, 11) is 0. The number of para-hydroxylation sites is 1. The quantitative estimate of drug-likeness (QED) is 0.591. The second kappa shape index (κ2) is 6.29. The minimum atomic E-state index is 0.490. The van der Waals surface area contributed by atoms with Gasteiger partial charge in [0, 0.05) is 12.0 Å². The molecule has 0 spiro atoms. The molecule has 2 aromatic heterocycles. The molecule has 0 bridgehead atoms. The van der Waals surface area contributed by atoms with Crippen molar-refractivity contribution in [3.8, 4) is 5.69 Å². The number of nitrogens with zero attached hydrogens (tertiary/aromatic N) is 5. The minimum absolute atomic E-state index is 0.490. The largest absolute Gasteiger partial charge is 0.250 e. The van der Waals surface area contributed by atoms with E-state index in [4.69, 9.17) is 12.2 Å². The zero-order chi connectivity index (χ0) is 16.4. The summed E-state index contributed by atoms with van der Waals surface area (Å²) in [6.07, 6.45) is 2.55. The molecule has 0 aliphatic heterocycles. The standard InChI is InChI=1S/C16H18N6S/c1-4-15-18-19-16(23)22(15)17-10-14-11(2)20-21(12(14)3)13-8-6-5-7-9-13/h5-10H,4H2,1-3H3,(H,19,23). The Labute approximate surface area is 139 Å². The zero-order valence-electron chi connectivity index (χ0n) is 13.3. The molecule has 6 nitrogen and oxygen atoms in total. The molecule has 1 aromatic carbocycles. The number of hydrogen-bond donors (Lipinski definition) is 1. The Hall–Kier alpha value is -2.54. The number of aromatic amines is 1. The van der Waals surface area contributed by atoms with E-state index in [0.29, 0.717) is 4.77 Å². The number of aryl methyl sites for hydroxylation is 2. The van der Waals surface area contributed by atoms with E-state index < -0.39 is 0 Å². The molecule has 0 amide bonds. The number of hydrogen-bond acceptors (Lipinski definition) is 4. The van der Waals surface area contributed by atoms with E-state index in [1.54, 1.807) is 10.9 Å². The highest BCUT2D eigenvalue weighted by Gasteiger charge is 2.11. The van der Waals surface area contributed by atoms with Crippen LogP contribution in [0.2, 0.25) is 0 Å². The van der Waals surface area contributed by atoms with E-state index in [2.05, 4.69) is 20.4 Å². The summed E-state index contributed by atoms with van der Waals surface area (Å²) in [5, 5.41) is 16.0. The lowest BCUT2D eigenvalue weighted by Crippen LogP contribution is -2.00. The number of aromatic nitrogens is 5. The number of H-pyrrole nitrogens is 1. The van der Waals surface area contributed by atoms with Gasteiger partial charge in [0.1, 0.15) is 0 Å². The van der Waals surface area contributed by atoms with Gasteiger partial charge in [0.05, 0.1) is 23.3 Å². The van der Waals surface area contributed by atoms with Crippen LogP contribution in [0.5, 0.6) is 0 Å². The summed E-state index contributed by atoms with van der Waals surface area (Å²) in [6, 6.07) is 10.0. The highest BCUT2D eigenvalue weighted by molar-refractivity contribution is 7.71. The van der Waals surface area contributed by atoms with Gasteiger partial charge in [0.25, 0.3) is 0 Å². The third-order valence-electron chi connectivity index (χ3n) is 3.68. The van der Waals surface area contributed by atoms with Gasteiger partial charge in [-0.05, 0) is 38.2 Å². The van der Waals surface area contributed by atoms with Gasteiger partial charge in [-0.1, -0.05) is 25.1 Å². The molecule has 7 heteroatoms. The molecule has 0 unspecified atom stereocenters. The topological polar surface area (TPSA) is 63.8 Å². The minimum Gasteiger partial charge on any atom is -0.250 e. The molecule has 0 aliphatic carbocycles. The van der Waals surface area contributed by atoms with Gasteiger partial charge >= 0.3 is 0 Å². The first-order valence-corrected chi connectivity index (χ1v) is 7.85. The van der Waals surface area contributed by atoms with E-state index in [0.717, 1.165) is 34.9 Å². The molecular weight excluding hydrogens is 308 g/mol. The molecule has 118 valence electrons. The Bertz CT molecular complexity index is 901. The van der Waals surface area contributed by atoms with Crippen molar-refractivity contribution in [3.63, 3.8) is 0 Å². The van der Waals surface area contributed by atoms with Gasteiger partial charge in [-0.25, -0.2) is 4.68 Å². The highest BCUT2D eigenvalue weighted by atomic mass is 32.1. The van der Waals surface area contributed by atoms with Crippen LogP contribution in [0, 0.1) is 18.6 Å². The number of benzene rings is 1. The first-order valence-electron chi connectivity index (χ1n) is 7.44. The Morgan fingerprint density at radius 2 is 2.00 bits per heavy atom. The maximum absolute atomic E-state index is 5.21. The SMILES string of the molecule is CCc1n[nH]c(=S)n1N=Cc1c(C)nn(-c2ccccc2)c1C. The summed E-state index contributed by atoms with van der Waals surface area (Å²) in [5.41, 5.74) is 3.97. The van der Waals surface area contributed by atoms with Crippen LogP contribution in [0.4, 0.5) is 0 Å². The van der Waals surface area contributed by atoms with Gasteiger partial charge in [0.15, 0.2) is 5.82 Å². The van der Waals surface area contributed by atoms with Crippen LogP contribution in [0.3, 0.4) is 0 Å². The van der Waals surface area contributed by atoms with Gasteiger partial charge in [-0.3, -0.25) is 5.10 Å². The predicted octanol–water partition coefficient (Wildman–Crippen LogP) is 3.19.